The van der Waals surface area contributed by atoms with E-state index in [1.807, 2.05) is 0 Å². The van der Waals surface area contributed by atoms with E-state index in [9.17, 15) is 26.7 Å². The summed E-state index contributed by atoms with van der Waals surface area (Å²) < 4.78 is 64.3. The van der Waals surface area contributed by atoms with Crippen molar-refractivity contribution in [3.63, 3.8) is 0 Å². The molecule has 1 N–H and O–H groups in total. The van der Waals surface area contributed by atoms with Gasteiger partial charge in [-0.25, -0.2) is 13.6 Å². The first-order chi connectivity index (χ1) is 8.37. The van der Waals surface area contributed by atoms with Gasteiger partial charge in [0.2, 0.25) is 0 Å². The van der Waals surface area contributed by atoms with Crippen molar-refractivity contribution in [2.45, 2.75) is 38.9 Å². The number of nitrogens with zero attached hydrogens (tertiary/aromatic N) is 2. The Labute approximate surface area is 104 Å². The zero-order valence-corrected chi connectivity index (χ0v) is 10.2. The summed E-state index contributed by atoms with van der Waals surface area (Å²) in [4.78, 5) is 10.8. The van der Waals surface area contributed by atoms with Crippen LogP contribution in [0.2, 0.25) is 0 Å². The second-order valence-corrected chi connectivity index (χ2v) is 4.80. The lowest BCUT2D eigenvalue weighted by Crippen LogP contribution is -2.29. The number of hydrogen-bond donors (Lipinski definition) is 1. The number of hydrogen-bond acceptors (Lipinski definition) is 2. The summed E-state index contributed by atoms with van der Waals surface area (Å²) in [5, 5.41) is 11.9. The highest BCUT2D eigenvalue weighted by molar-refractivity contribution is 5.90. The van der Waals surface area contributed by atoms with Gasteiger partial charge in [-0.3, -0.25) is 4.68 Å². The van der Waals surface area contributed by atoms with E-state index in [2.05, 4.69) is 5.10 Å². The maximum atomic E-state index is 12.9. The molecule has 1 aromatic rings. The van der Waals surface area contributed by atoms with Gasteiger partial charge in [0.1, 0.15) is 11.3 Å². The van der Waals surface area contributed by atoms with Crippen molar-refractivity contribution in [1.82, 2.24) is 9.78 Å². The normalized spacial score (nSPS) is 13.1. The number of rotatable bonds is 2. The van der Waals surface area contributed by atoms with E-state index in [0.29, 0.717) is 0 Å². The lowest BCUT2D eigenvalue weighted by molar-refractivity contribution is -0.146. The predicted molar refractivity (Wildman–Crippen MR) is 54.1 cm³/mol. The third-order valence-electron chi connectivity index (χ3n) is 2.24. The summed E-state index contributed by atoms with van der Waals surface area (Å²) >= 11 is 0. The molecule has 0 aliphatic rings. The Morgan fingerprint density at radius 1 is 1.26 bits per heavy atom. The molecule has 4 nitrogen and oxygen atoms in total. The Morgan fingerprint density at radius 2 is 1.74 bits per heavy atom. The number of aromatic nitrogens is 2. The van der Waals surface area contributed by atoms with Crippen LogP contribution >= 0.6 is 0 Å². The van der Waals surface area contributed by atoms with Crippen LogP contribution in [-0.4, -0.2) is 20.9 Å². The van der Waals surface area contributed by atoms with Crippen molar-refractivity contribution < 1.29 is 31.9 Å². The Balaban J connectivity index is 3.77. The van der Waals surface area contributed by atoms with Crippen LogP contribution in [0.15, 0.2) is 0 Å². The zero-order valence-electron chi connectivity index (χ0n) is 10.2. The van der Waals surface area contributed by atoms with Gasteiger partial charge in [0.15, 0.2) is 5.69 Å². The molecule has 0 saturated heterocycles. The van der Waals surface area contributed by atoms with E-state index in [1.165, 1.54) is 20.8 Å². The van der Waals surface area contributed by atoms with Crippen LogP contribution in [0.25, 0.3) is 0 Å². The molecule has 0 aromatic carbocycles. The topological polar surface area (TPSA) is 55.1 Å². The molecule has 0 atom stereocenters. The third kappa shape index (κ3) is 2.85. The number of alkyl halides is 5. The molecule has 0 saturated carbocycles. The molecule has 0 aliphatic carbocycles. The Hall–Kier alpha value is -1.67. The monoisotopic (exact) mass is 286 g/mol. The average Bonchev–Trinajstić information content (AvgIpc) is 2.55. The Morgan fingerprint density at radius 3 is 2.00 bits per heavy atom. The highest BCUT2D eigenvalue weighted by atomic mass is 19.4. The lowest BCUT2D eigenvalue weighted by atomic mass is 10.1. The summed E-state index contributed by atoms with van der Waals surface area (Å²) in [5.41, 5.74) is -5.85. The van der Waals surface area contributed by atoms with Crippen LogP contribution in [0.5, 0.6) is 0 Å². The van der Waals surface area contributed by atoms with E-state index in [4.69, 9.17) is 5.11 Å². The van der Waals surface area contributed by atoms with Crippen LogP contribution in [-0.2, 0) is 11.7 Å². The molecule has 0 spiro atoms. The molecular weight excluding hydrogens is 275 g/mol. The highest BCUT2D eigenvalue weighted by Gasteiger charge is 2.45. The number of carboxylic acids is 1. The van der Waals surface area contributed by atoms with Crippen molar-refractivity contribution >= 4 is 5.97 Å². The summed E-state index contributed by atoms with van der Waals surface area (Å²) in [6, 6.07) is 0. The fourth-order valence-corrected chi connectivity index (χ4v) is 1.55. The SMILES string of the molecule is CC(C)(C)n1nc(C(F)F)c(C(=O)O)c1C(F)(F)F. The summed E-state index contributed by atoms with van der Waals surface area (Å²) in [6.07, 6.45) is -8.50. The van der Waals surface area contributed by atoms with Crippen LogP contribution < -0.4 is 0 Å². The fraction of sp³-hybridized carbons (Fsp3) is 0.600. The predicted octanol–water partition coefficient (Wildman–Crippen LogP) is 3.29. The highest BCUT2D eigenvalue weighted by Crippen LogP contribution is 2.38. The van der Waals surface area contributed by atoms with Gasteiger partial charge in [-0.2, -0.15) is 18.3 Å². The first kappa shape index (κ1) is 15.4. The average molecular weight is 286 g/mol. The van der Waals surface area contributed by atoms with Crippen molar-refractivity contribution in [2.75, 3.05) is 0 Å². The van der Waals surface area contributed by atoms with Gasteiger partial charge >= 0.3 is 12.1 Å². The van der Waals surface area contributed by atoms with Gasteiger partial charge in [-0.1, -0.05) is 0 Å². The molecular formula is C10H11F5N2O2. The van der Waals surface area contributed by atoms with Crippen LogP contribution in [0.1, 0.15) is 48.9 Å². The van der Waals surface area contributed by atoms with E-state index < -0.39 is 41.1 Å². The number of halogens is 5. The third-order valence-corrected chi connectivity index (χ3v) is 2.24. The smallest absolute Gasteiger partial charge is 0.433 e. The van der Waals surface area contributed by atoms with Gasteiger partial charge in [0.05, 0.1) is 5.54 Å². The standard InChI is InChI=1S/C10H11F5N2O2/c1-9(2,3)17-6(10(13,14)15)4(8(18)19)5(16-17)7(11)12/h7H,1-3H3,(H,18,19). The van der Waals surface area contributed by atoms with Crippen LogP contribution in [0.3, 0.4) is 0 Å². The second-order valence-electron chi connectivity index (χ2n) is 4.80. The van der Waals surface area contributed by atoms with Crippen LogP contribution in [0.4, 0.5) is 22.0 Å². The molecule has 0 radical (unpaired) electrons. The summed E-state index contributed by atoms with van der Waals surface area (Å²) in [6.45, 7) is 3.91. The number of carboxylic acid groups (broad SMARTS) is 1. The minimum Gasteiger partial charge on any atom is -0.478 e. The Bertz CT molecular complexity index is 499. The number of aromatic carboxylic acids is 1. The molecule has 9 heteroatoms. The van der Waals surface area contributed by atoms with E-state index in [0.717, 1.165) is 0 Å². The van der Waals surface area contributed by atoms with Gasteiger partial charge in [-0.05, 0) is 20.8 Å². The Kier molecular flexibility index (Phi) is 3.61. The molecule has 19 heavy (non-hydrogen) atoms. The van der Waals surface area contributed by atoms with Crippen molar-refractivity contribution in [1.29, 1.82) is 0 Å². The van der Waals surface area contributed by atoms with Crippen molar-refractivity contribution in [3.8, 4) is 0 Å². The van der Waals surface area contributed by atoms with E-state index in [1.54, 1.807) is 0 Å². The molecule has 108 valence electrons. The van der Waals surface area contributed by atoms with Gasteiger partial charge in [0.25, 0.3) is 6.43 Å². The van der Waals surface area contributed by atoms with Gasteiger partial charge in [-0.15, -0.1) is 0 Å². The second kappa shape index (κ2) is 4.46. The molecule has 0 unspecified atom stereocenters. The maximum absolute atomic E-state index is 12.9. The lowest BCUT2D eigenvalue weighted by Gasteiger charge is -2.23. The first-order valence-corrected chi connectivity index (χ1v) is 5.09. The van der Waals surface area contributed by atoms with Crippen LogP contribution in [0, 0.1) is 0 Å². The molecule has 0 fully saturated rings. The minimum atomic E-state index is -5.10. The quantitative estimate of drug-likeness (QED) is 0.849. The summed E-state index contributed by atoms with van der Waals surface area (Å²) in [7, 11) is 0. The molecule has 1 rings (SSSR count). The number of carbonyl (C=O) groups is 1. The molecule has 0 amide bonds. The molecule has 1 heterocycles. The molecule has 0 aliphatic heterocycles. The zero-order chi connectivity index (χ0) is 15.2. The summed E-state index contributed by atoms with van der Waals surface area (Å²) in [5.74, 6) is -2.09. The maximum Gasteiger partial charge on any atom is 0.433 e. The largest absolute Gasteiger partial charge is 0.478 e. The minimum absolute atomic E-state index is 0.276. The van der Waals surface area contributed by atoms with E-state index >= 15 is 0 Å². The first-order valence-electron chi connectivity index (χ1n) is 5.09. The molecule has 1 aromatic heterocycles. The van der Waals surface area contributed by atoms with E-state index in [-0.39, 0.29) is 4.68 Å². The molecule has 0 bridgehead atoms. The van der Waals surface area contributed by atoms with Crippen molar-refractivity contribution in [2.24, 2.45) is 0 Å². The van der Waals surface area contributed by atoms with Gasteiger partial charge < -0.3 is 5.11 Å². The van der Waals surface area contributed by atoms with Crippen molar-refractivity contribution in [3.05, 3.63) is 17.0 Å². The fourth-order valence-electron chi connectivity index (χ4n) is 1.55. The van der Waals surface area contributed by atoms with Gasteiger partial charge in [0, 0.05) is 0 Å².